The number of hydrogen-bond donors (Lipinski definition) is 1. The lowest BCUT2D eigenvalue weighted by molar-refractivity contribution is -0.147. The molecule has 0 radical (unpaired) electrons. The van der Waals surface area contributed by atoms with Crippen LogP contribution in [0.1, 0.15) is 39.0 Å². The Kier molecular flexibility index (Phi) is 5.55. The highest BCUT2D eigenvalue weighted by Crippen LogP contribution is 2.38. The molecule has 5 heteroatoms. The second-order valence-corrected chi connectivity index (χ2v) is 6.94. The molecule has 1 N–H and O–H groups in total. The lowest BCUT2D eigenvalue weighted by Gasteiger charge is -2.39. The first-order valence-corrected chi connectivity index (χ1v) is 8.49. The Balaban J connectivity index is 2.21. The van der Waals surface area contributed by atoms with Crippen LogP contribution in [-0.4, -0.2) is 18.6 Å². The quantitative estimate of drug-likeness (QED) is 0.751. The molecule has 0 amide bonds. The normalized spacial score (nSPS) is 25.4. The van der Waals surface area contributed by atoms with Crippen LogP contribution < -0.4 is 5.32 Å². The summed E-state index contributed by atoms with van der Waals surface area (Å²) in [5.74, 6) is 0.532. The number of benzene rings is 1. The van der Waals surface area contributed by atoms with E-state index in [-0.39, 0.29) is 5.97 Å². The van der Waals surface area contributed by atoms with E-state index in [9.17, 15) is 4.79 Å². The Morgan fingerprint density at radius 2 is 2.14 bits per heavy atom. The fraction of sp³-hybridized carbons (Fsp3) is 0.562. The number of rotatable bonds is 4. The van der Waals surface area contributed by atoms with Gasteiger partial charge in [-0.15, -0.1) is 0 Å². The maximum atomic E-state index is 12.3. The van der Waals surface area contributed by atoms with E-state index in [1.165, 1.54) is 13.5 Å². The smallest absolute Gasteiger partial charge is 0.331 e. The van der Waals surface area contributed by atoms with Gasteiger partial charge in [0.05, 0.1) is 12.1 Å². The van der Waals surface area contributed by atoms with Gasteiger partial charge in [0.25, 0.3) is 0 Å². The number of carbonyl (C=O) groups is 1. The zero-order valence-electron chi connectivity index (χ0n) is 12.4. The summed E-state index contributed by atoms with van der Waals surface area (Å²) in [5, 5.41) is 4.05. The largest absolute Gasteiger partial charge is 0.467 e. The van der Waals surface area contributed by atoms with Crippen LogP contribution in [0.2, 0.25) is 5.02 Å². The average molecular weight is 375 g/mol. The van der Waals surface area contributed by atoms with Gasteiger partial charge >= 0.3 is 5.97 Å². The summed E-state index contributed by atoms with van der Waals surface area (Å²) in [6.45, 7) is 2.21. The number of carbonyl (C=O) groups excluding carboxylic acids is 1. The molecule has 0 heterocycles. The number of methoxy groups -OCH3 is 1. The zero-order valence-corrected chi connectivity index (χ0v) is 14.8. The molecule has 1 aromatic rings. The van der Waals surface area contributed by atoms with E-state index in [2.05, 4.69) is 28.2 Å². The molecule has 0 saturated heterocycles. The van der Waals surface area contributed by atoms with Crippen LogP contribution in [0.25, 0.3) is 0 Å². The van der Waals surface area contributed by atoms with Crippen molar-refractivity contribution in [2.75, 3.05) is 12.4 Å². The summed E-state index contributed by atoms with van der Waals surface area (Å²) in [7, 11) is 1.45. The second-order valence-electron chi connectivity index (χ2n) is 5.68. The molecule has 0 spiro atoms. The van der Waals surface area contributed by atoms with Crippen molar-refractivity contribution in [3.8, 4) is 0 Å². The molecule has 1 aliphatic rings. The SMILES string of the molecule is CCC1CCC(Nc2ccc(Cl)c(Br)c2)(C(=O)OC)CC1. The first-order valence-electron chi connectivity index (χ1n) is 7.32. The lowest BCUT2D eigenvalue weighted by atomic mass is 9.75. The molecule has 0 atom stereocenters. The van der Waals surface area contributed by atoms with Crippen molar-refractivity contribution < 1.29 is 9.53 Å². The summed E-state index contributed by atoms with van der Waals surface area (Å²) < 4.78 is 5.87. The van der Waals surface area contributed by atoms with Gasteiger partial charge in [0.2, 0.25) is 0 Å². The standard InChI is InChI=1S/C16H21BrClNO2/c1-3-11-6-8-16(9-7-11,15(20)21-2)19-12-4-5-14(18)13(17)10-12/h4-5,10-11,19H,3,6-9H2,1-2H3. The van der Waals surface area contributed by atoms with E-state index < -0.39 is 5.54 Å². The summed E-state index contributed by atoms with van der Waals surface area (Å²) in [6, 6.07) is 5.61. The van der Waals surface area contributed by atoms with E-state index in [0.717, 1.165) is 35.8 Å². The highest BCUT2D eigenvalue weighted by Gasteiger charge is 2.42. The van der Waals surface area contributed by atoms with Crippen LogP contribution in [0, 0.1) is 5.92 Å². The van der Waals surface area contributed by atoms with Gasteiger partial charge in [-0.1, -0.05) is 24.9 Å². The maximum Gasteiger partial charge on any atom is 0.331 e. The van der Waals surface area contributed by atoms with Crippen molar-refractivity contribution in [1.82, 2.24) is 0 Å². The monoisotopic (exact) mass is 373 g/mol. The molecule has 1 saturated carbocycles. The lowest BCUT2D eigenvalue weighted by Crippen LogP contribution is -2.49. The van der Waals surface area contributed by atoms with Gasteiger partial charge < -0.3 is 10.1 Å². The Hall–Kier alpha value is -0.740. The van der Waals surface area contributed by atoms with Crippen molar-refractivity contribution in [2.24, 2.45) is 5.92 Å². The Labute approximate surface area is 139 Å². The fourth-order valence-corrected chi connectivity index (χ4v) is 3.50. The molecule has 1 aromatic carbocycles. The van der Waals surface area contributed by atoms with E-state index in [4.69, 9.17) is 16.3 Å². The van der Waals surface area contributed by atoms with Crippen molar-refractivity contribution in [2.45, 2.75) is 44.6 Å². The summed E-state index contributed by atoms with van der Waals surface area (Å²) >= 11 is 9.43. The van der Waals surface area contributed by atoms with Gasteiger partial charge in [-0.25, -0.2) is 4.79 Å². The zero-order chi connectivity index (χ0) is 15.5. The molecule has 116 valence electrons. The third kappa shape index (κ3) is 3.72. The first-order chi connectivity index (χ1) is 10.0. The Bertz CT molecular complexity index is 513. The van der Waals surface area contributed by atoms with E-state index in [1.807, 2.05) is 18.2 Å². The summed E-state index contributed by atoms with van der Waals surface area (Å²) in [6.07, 6.45) is 4.88. The second kappa shape index (κ2) is 7.01. The molecule has 0 unspecified atom stereocenters. The minimum atomic E-state index is -0.617. The van der Waals surface area contributed by atoms with Crippen molar-refractivity contribution >= 4 is 39.2 Å². The van der Waals surface area contributed by atoms with Gasteiger partial charge in [0, 0.05) is 10.2 Å². The van der Waals surface area contributed by atoms with Gasteiger partial charge in [0.15, 0.2) is 0 Å². The molecule has 1 aliphatic carbocycles. The summed E-state index contributed by atoms with van der Waals surface area (Å²) in [4.78, 5) is 12.3. The van der Waals surface area contributed by atoms with Gasteiger partial charge in [-0.05, 0) is 65.7 Å². The fourth-order valence-electron chi connectivity index (χ4n) is 3.00. The molecular formula is C16H21BrClNO2. The number of hydrogen-bond acceptors (Lipinski definition) is 3. The van der Waals surface area contributed by atoms with Crippen LogP contribution in [0.3, 0.4) is 0 Å². The molecule has 21 heavy (non-hydrogen) atoms. The molecule has 0 aliphatic heterocycles. The number of nitrogens with one attached hydrogen (secondary N) is 1. The van der Waals surface area contributed by atoms with E-state index in [0.29, 0.717) is 10.9 Å². The van der Waals surface area contributed by atoms with Crippen molar-refractivity contribution in [3.05, 3.63) is 27.7 Å². The molecule has 2 rings (SSSR count). The van der Waals surface area contributed by atoms with Crippen LogP contribution in [0.4, 0.5) is 5.69 Å². The minimum absolute atomic E-state index is 0.178. The van der Waals surface area contributed by atoms with E-state index in [1.54, 1.807) is 0 Å². The number of anilines is 1. The molecule has 1 fully saturated rings. The van der Waals surface area contributed by atoms with Crippen LogP contribution in [0.5, 0.6) is 0 Å². The minimum Gasteiger partial charge on any atom is -0.467 e. The van der Waals surface area contributed by atoms with Gasteiger partial charge in [-0.2, -0.15) is 0 Å². The molecule has 0 aromatic heterocycles. The highest BCUT2D eigenvalue weighted by atomic mass is 79.9. The highest BCUT2D eigenvalue weighted by molar-refractivity contribution is 9.10. The third-order valence-corrected chi connectivity index (χ3v) is 5.63. The maximum absolute atomic E-state index is 12.3. The molecular weight excluding hydrogens is 354 g/mol. The van der Waals surface area contributed by atoms with E-state index >= 15 is 0 Å². The number of halogens is 2. The third-order valence-electron chi connectivity index (χ3n) is 4.42. The average Bonchev–Trinajstić information content (AvgIpc) is 2.51. The van der Waals surface area contributed by atoms with Crippen LogP contribution >= 0.6 is 27.5 Å². The van der Waals surface area contributed by atoms with Crippen molar-refractivity contribution in [1.29, 1.82) is 0 Å². The topological polar surface area (TPSA) is 38.3 Å². The van der Waals surface area contributed by atoms with Crippen LogP contribution in [-0.2, 0) is 9.53 Å². The predicted molar refractivity (Wildman–Crippen MR) is 89.8 cm³/mol. The molecule has 3 nitrogen and oxygen atoms in total. The predicted octanol–water partition coefficient (Wildman–Crippen LogP) is 5.03. The molecule has 0 bridgehead atoms. The summed E-state index contributed by atoms with van der Waals surface area (Å²) in [5.41, 5.74) is 0.264. The van der Waals surface area contributed by atoms with Crippen molar-refractivity contribution in [3.63, 3.8) is 0 Å². The number of ether oxygens (including phenoxy) is 1. The van der Waals surface area contributed by atoms with Gasteiger partial charge in [-0.3, -0.25) is 0 Å². The first kappa shape index (κ1) is 16.6. The Morgan fingerprint density at radius 1 is 1.48 bits per heavy atom. The van der Waals surface area contributed by atoms with Crippen LogP contribution in [0.15, 0.2) is 22.7 Å². The van der Waals surface area contributed by atoms with Gasteiger partial charge in [0.1, 0.15) is 5.54 Å². The Morgan fingerprint density at radius 3 is 2.67 bits per heavy atom. The number of esters is 1.